The van der Waals surface area contributed by atoms with Gasteiger partial charge in [-0.2, -0.15) is 0 Å². The second kappa shape index (κ2) is 5.07. The van der Waals surface area contributed by atoms with Crippen molar-refractivity contribution in [3.8, 4) is 0 Å². The van der Waals surface area contributed by atoms with Gasteiger partial charge in [-0.15, -0.1) is 0 Å². The van der Waals surface area contributed by atoms with Crippen molar-refractivity contribution in [2.75, 3.05) is 0 Å². The van der Waals surface area contributed by atoms with Crippen LogP contribution in [0.5, 0.6) is 0 Å². The largest absolute Gasteiger partial charge is 0.325 e. The van der Waals surface area contributed by atoms with Crippen LogP contribution in [0.3, 0.4) is 0 Å². The Bertz CT molecular complexity index is 531. The van der Waals surface area contributed by atoms with E-state index in [0.717, 1.165) is 24.1 Å². The first-order valence-corrected chi connectivity index (χ1v) is 6.66. The number of nitrogens with zero attached hydrogens (tertiary/aromatic N) is 1. The van der Waals surface area contributed by atoms with Crippen LogP contribution in [-0.2, 0) is 6.42 Å². The molecule has 2 nitrogen and oxygen atoms in total. The summed E-state index contributed by atoms with van der Waals surface area (Å²) in [6, 6.07) is 12.4. The van der Waals surface area contributed by atoms with E-state index in [9.17, 15) is 0 Å². The fourth-order valence-electron chi connectivity index (χ4n) is 2.24. The Hall–Kier alpha value is -1.41. The SMILES string of the molecule is CCC(C)C(C)(N)Cc1ccc2ccccc2n1. The highest BCUT2D eigenvalue weighted by Gasteiger charge is 2.25. The number of hydrogen-bond donors (Lipinski definition) is 1. The van der Waals surface area contributed by atoms with E-state index < -0.39 is 0 Å². The number of aromatic nitrogens is 1. The zero-order valence-electron chi connectivity index (χ0n) is 11.5. The van der Waals surface area contributed by atoms with Gasteiger partial charge in [0.2, 0.25) is 0 Å². The maximum absolute atomic E-state index is 6.41. The van der Waals surface area contributed by atoms with Crippen molar-refractivity contribution in [1.29, 1.82) is 0 Å². The lowest BCUT2D eigenvalue weighted by molar-refractivity contribution is 0.304. The van der Waals surface area contributed by atoms with Gasteiger partial charge in [0.15, 0.2) is 0 Å². The Morgan fingerprint density at radius 2 is 1.94 bits per heavy atom. The predicted octanol–water partition coefficient (Wildman–Crippen LogP) is 3.54. The standard InChI is InChI=1S/C16H22N2/c1-4-12(2)16(3,17)11-14-10-9-13-7-5-6-8-15(13)18-14/h5-10,12H,4,11,17H2,1-3H3. The van der Waals surface area contributed by atoms with Gasteiger partial charge in [0.05, 0.1) is 5.52 Å². The summed E-state index contributed by atoms with van der Waals surface area (Å²) in [7, 11) is 0. The van der Waals surface area contributed by atoms with Crippen LogP contribution in [0.25, 0.3) is 10.9 Å². The zero-order chi connectivity index (χ0) is 13.2. The average Bonchev–Trinajstić information content (AvgIpc) is 2.37. The van der Waals surface area contributed by atoms with Gasteiger partial charge in [-0.1, -0.05) is 44.5 Å². The molecule has 0 aliphatic heterocycles. The van der Waals surface area contributed by atoms with E-state index in [1.165, 1.54) is 5.39 Å². The molecule has 2 heteroatoms. The van der Waals surface area contributed by atoms with Gasteiger partial charge < -0.3 is 5.73 Å². The lowest BCUT2D eigenvalue weighted by Crippen LogP contribution is -2.45. The molecule has 0 radical (unpaired) electrons. The Labute approximate surface area is 109 Å². The number of pyridine rings is 1. The number of benzene rings is 1. The third kappa shape index (κ3) is 2.70. The van der Waals surface area contributed by atoms with Gasteiger partial charge in [0.1, 0.15) is 0 Å². The minimum absolute atomic E-state index is 0.190. The van der Waals surface area contributed by atoms with Gasteiger partial charge in [-0.25, -0.2) is 0 Å². The molecule has 1 aromatic carbocycles. The van der Waals surface area contributed by atoms with Crippen LogP contribution >= 0.6 is 0 Å². The fourth-order valence-corrected chi connectivity index (χ4v) is 2.24. The number of nitrogens with two attached hydrogens (primary N) is 1. The van der Waals surface area contributed by atoms with Crippen LogP contribution < -0.4 is 5.73 Å². The molecular weight excluding hydrogens is 220 g/mol. The summed E-state index contributed by atoms with van der Waals surface area (Å²) in [6.45, 7) is 6.52. The van der Waals surface area contributed by atoms with Gasteiger partial charge >= 0.3 is 0 Å². The van der Waals surface area contributed by atoms with Gasteiger partial charge in [-0.3, -0.25) is 4.98 Å². The van der Waals surface area contributed by atoms with Crippen molar-refractivity contribution in [3.63, 3.8) is 0 Å². The molecule has 0 saturated carbocycles. The summed E-state index contributed by atoms with van der Waals surface area (Å²) in [5.74, 6) is 0.491. The second-order valence-electron chi connectivity index (χ2n) is 5.49. The van der Waals surface area contributed by atoms with Gasteiger partial charge in [0.25, 0.3) is 0 Å². The monoisotopic (exact) mass is 242 g/mol. The minimum atomic E-state index is -0.190. The number of hydrogen-bond acceptors (Lipinski definition) is 2. The summed E-state index contributed by atoms with van der Waals surface area (Å²) in [5.41, 5.74) is 8.35. The summed E-state index contributed by atoms with van der Waals surface area (Å²) >= 11 is 0. The molecule has 1 aromatic heterocycles. The van der Waals surface area contributed by atoms with Crippen LogP contribution in [0.1, 0.15) is 32.9 Å². The summed E-state index contributed by atoms with van der Waals surface area (Å²) in [4.78, 5) is 4.70. The van der Waals surface area contributed by atoms with E-state index in [0.29, 0.717) is 5.92 Å². The Kier molecular flexibility index (Phi) is 3.67. The van der Waals surface area contributed by atoms with Crippen LogP contribution in [0.2, 0.25) is 0 Å². The van der Waals surface area contributed by atoms with Crippen LogP contribution in [0.4, 0.5) is 0 Å². The molecule has 0 aliphatic rings. The third-order valence-corrected chi connectivity index (χ3v) is 3.96. The smallest absolute Gasteiger partial charge is 0.0705 e. The molecule has 2 unspecified atom stereocenters. The number of fused-ring (bicyclic) bond motifs is 1. The van der Waals surface area contributed by atoms with Crippen molar-refractivity contribution in [2.24, 2.45) is 11.7 Å². The maximum Gasteiger partial charge on any atom is 0.0705 e. The summed E-state index contributed by atoms with van der Waals surface area (Å²) < 4.78 is 0. The molecule has 1 heterocycles. The van der Waals surface area contributed by atoms with Crippen molar-refractivity contribution in [1.82, 2.24) is 4.98 Å². The Morgan fingerprint density at radius 3 is 2.67 bits per heavy atom. The molecule has 2 rings (SSSR count). The van der Waals surface area contributed by atoms with Gasteiger partial charge in [0, 0.05) is 23.0 Å². The average molecular weight is 242 g/mol. The highest BCUT2D eigenvalue weighted by Crippen LogP contribution is 2.22. The molecule has 0 saturated heterocycles. The molecule has 18 heavy (non-hydrogen) atoms. The van der Waals surface area contributed by atoms with Crippen LogP contribution in [-0.4, -0.2) is 10.5 Å². The zero-order valence-corrected chi connectivity index (χ0v) is 11.5. The van der Waals surface area contributed by atoms with E-state index >= 15 is 0 Å². The Morgan fingerprint density at radius 1 is 1.22 bits per heavy atom. The fraction of sp³-hybridized carbons (Fsp3) is 0.438. The topological polar surface area (TPSA) is 38.9 Å². The molecular formula is C16H22N2. The highest BCUT2D eigenvalue weighted by atomic mass is 14.8. The third-order valence-electron chi connectivity index (χ3n) is 3.96. The molecule has 2 atom stereocenters. The predicted molar refractivity (Wildman–Crippen MR) is 77.5 cm³/mol. The van der Waals surface area contributed by atoms with Crippen molar-refractivity contribution >= 4 is 10.9 Å². The first-order chi connectivity index (χ1) is 8.53. The van der Waals surface area contributed by atoms with E-state index in [-0.39, 0.29) is 5.54 Å². The molecule has 0 amide bonds. The number of rotatable bonds is 4. The number of para-hydroxylation sites is 1. The highest BCUT2D eigenvalue weighted by molar-refractivity contribution is 5.78. The second-order valence-corrected chi connectivity index (χ2v) is 5.49. The minimum Gasteiger partial charge on any atom is -0.325 e. The van der Waals surface area contributed by atoms with Crippen molar-refractivity contribution in [2.45, 2.75) is 39.2 Å². The molecule has 0 fully saturated rings. The lowest BCUT2D eigenvalue weighted by atomic mass is 9.82. The molecule has 2 aromatic rings. The molecule has 2 N–H and O–H groups in total. The first kappa shape index (κ1) is 13.0. The van der Waals surface area contributed by atoms with E-state index in [2.05, 4.69) is 45.0 Å². The van der Waals surface area contributed by atoms with Crippen LogP contribution in [0, 0.1) is 5.92 Å². The Balaban J connectivity index is 2.27. The van der Waals surface area contributed by atoms with E-state index in [1.807, 2.05) is 12.1 Å². The molecule has 0 bridgehead atoms. The normalized spacial score (nSPS) is 16.4. The first-order valence-electron chi connectivity index (χ1n) is 6.66. The molecule has 96 valence electrons. The van der Waals surface area contributed by atoms with E-state index in [4.69, 9.17) is 10.7 Å². The molecule has 0 spiro atoms. The maximum atomic E-state index is 6.41. The molecule has 0 aliphatic carbocycles. The summed E-state index contributed by atoms with van der Waals surface area (Å²) in [5, 5.41) is 1.18. The summed E-state index contributed by atoms with van der Waals surface area (Å²) in [6.07, 6.45) is 1.92. The lowest BCUT2D eigenvalue weighted by Gasteiger charge is -2.30. The van der Waals surface area contributed by atoms with E-state index in [1.54, 1.807) is 0 Å². The van der Waals surface area contributed by atoms with Crippen molar-refractivity contribution in [3.05, 3.63) is 42.1 Å². The quantitative estimate of drug-likeness (QED) is 0.890. The van der Waals surface area contributed by atoms with Crippen LogP contribution in [0.15, 0.2) is 36.4 Å². The van der Waals surface area contributed by atoms with Gasteiger partial charge in [-0.05, 0) is 25.0 Å². The van der Waals surface area contributed by atoms with Crippen molar-refractivity contribution < 1.29 is 0 Å².